The smallest absolute Gasteiger partial charge is 0.274 e. The van der Waals surface area contributed by atoms with E-state index in [0.29, 0.717) is 5.92 Å². The van der Waals surface area contributed by atoms with Gasteiger partial charge in [0.1, 0.15) is 12.4 Å². The van der Waals surface area contributed by atoms with Gasteiger partial charge in [0.2, 0.25) is 5.09 Å². The Balaban J connectivity index is 2.07. The van der Waals surface area contributed by atoms with Crippen LogP contribution in [0.15, 0.2) is 21.6 Å². The van der Waals surface area contributed by atoms with Crippen molar-refractivity contribution in [2.45, 2.75) is 37.5 Å². The molecule has 1 aromatic heterocycles. The van der Waals surface area contributed by atoms with Gasteiger partial charge in [-0.3, -0.25) is 0 Å². The molecule has 90 valence electrons. The van der Waals surface area contributed by atoms with Gasteiger partial charge in [-0.2, -0.15) is 0 Å². The molecule has 1 aliphatic carbocycles. The molecule has 2 rings (SSSR count). The third kappa shape index (κ3) is 2.28. The zero-order valence-corrected chi connectivity index (χ0v) is 9.83. The lowest BCUT2D eigenvalue weighted by atomic mass is 10.3. The maximum Gasteiger partial charge on any atom is 0.274 e. The topological polar surface area (TPSA) is 79.5 Å². The van der Waals surface area contributed by atoms with Crippen LogP contribution in [0, 0.1) is 5.92 Å². The maximum absolute atomic E-state index is 11.8. The van der Waals surface area contributed by atoms with Gasteiger partial charge in [-0.1, -0.05) is 13.3 Å². The van der Waals surface area contributed by atoms with Crippen molar-refractivity contribution in [1.29, 1.82) is 0 Å². The van der Waals surface area contributed by atoms with E-state index in [1.807, 2.05) is 6.92 Å². The standard InChI is InChI=1S/C10H15NO4S/c1-2-7-5-9(7)11-16(13,14)10-4-3-8(6-12)15-10/h3-4,7,9,11-12H,2,5-6H2,1H3. The van der Waals surface area contributed by atoms with Crippen LogP contribution in [0.2, 0.25) is 0 Å². The summed E-state index contributed by atoms with van der Waals surface area (Å²) in [7, 11) is -3.56. The Kier molecular flexibility index (Phi) is 3.05. The SMILES string of the molecule is CCC1CC1NS(=O)(=O)c1ccc(CO)o1. The average molecular weight is 245 g/mol. The highest BCUT2D eigenvalue weighted by Crippen LogP contribution is 2.34. The molecule has 6 heteroatoms. The molecule has 2 unspecified atom stereocenters. The monoisotopic (exact) mass is 245 g/mol. The van der Waals surface area contributed by atoms with Crippen molar-refractivity contribution in [2.24, 2.45) is 5.92 Å². The fraction of sp³-hybridized carbons (Fsp3) is 0.600. The number of hydrogen-bond acceptors (Lipinski definition) is 4. The van der Waals surface area contributed by atoms with E-state index in [-0.39, 0.29) is 23.5 Å². The molecule has 1 aliphatic rings. The van der Waals surface area contributed by atoms with Gasteiger partial charge in [-0.05, 0) is 24.5 Å². The highest BCUT2D eigenvalue weighted by Gasteiger charge is 2.39. The van der Waals surface area contributed by atoms with Crippen molar-refractivity contribution in [1.82, 2.24) is 4.72 Å². The van der Waals surface area contributed by atoms with Gasteiger partial charge in [-0.25, -0.2) is 13.1 Å². The van der Waals surface area contributed by atoms with E-state index in [0.717, 1.165) is 12.8 Å². The van der Waals surface area contributed by atoms with Crippen LogP contribution in [-0.2, 0) is 16.6 Å². The first-order valence-corrected chi connectivity index (χ1v) is 6.77. The Morgan fingerprint density at radius 3 is 2.81 bits per heavy atom. The van der Waals surface area contributed by atoms with Crippen LogP contribution in [0.25, 0.3) is 0 Å². The number of nitrogens with one attached hydrogen (secondary N) is 1. The number of furan rings is 1. The zero-order chi connectivity index (χ0) is 11.8. The van der Waals surface area contributed by atoms with E-state index >= 15 is 0 Å². The molecule has 0 saturated heterocycles. The highest BCUT2D eigenvalue weighted by molar-refractivity contribution is 7.89. The minimum Gasteiger partial charge on any atom is -0.446 e. The minimum absolute atomic E-state index is 0.0395. The third-order valence-corrected chi connectivity index (χ3v) is 4.17. The second-order valence-corrected chi connectivity index (χ2v) is 5.66. The van der Waals surface area contributed by atoms with E-state index in [4.69, 9.17) is 9.52 Å². The summed E-state index contributed by atoms with van der Waals surface area (Å²) in [5.41, 5.74) is 0. The third-order valence-electron chi connectivity index (χ3n) is 2.81. The van der Waals surface area contributed by atoms with Crippen LogP contribution in [0.5, 0.6) is 0 Å². The lowest BCUT2D eigenvalue weighted by Crippen LogP contribution is -2.26. The molecule has 1 fully saturated rings. The van der Waals surface area contributed by atoms with E-state index in [9.17, 15) is 8.42 Å². The van der Waals surface area contributed by atoms with E-state index in [1.165, 1.54) is 12.1 Å². The molecule has 1 saturated carbocycles. The molecule has 0 amide bonds. The van der Waals surface area contributed by atoms with Gasteiger partial charge in [0.25, 0.3) is 10.0 Å². The van der Waals surface area contributed by atoms with Gasteiger partial charge in [-0.15, -0.1) is 0 Å². The molecule has 0 aliphatic heterocycles. The van der Waals surface area contributed by atoms with Crippen molar-refractivity contribution in [3.8, 4) is 0 Å². The number of sulfonamides is 1. The Hall–Kier alpha value is -0.850. The van der Waals surface area contributed by atoms with Crippen molar-refractivity contribution in [2.75, 3.05) is 0 Å². The van der Waals surface area contributed by atoms with E-state index in [1.54, 1.807) is 0 Å². The molecule has 0 spiro atoms. The van der Waals surface area contributed by atoms with Gasteiger partial charge < -0.3 is 9.52 Å². The number of aliphatic hydroxyl groups excluding tert-OH is 1. The number of hydrogen-bond donors (Lipinski definition) is 2. The van der Waals surface area contributed by atoms with Crippen LogP contribution in [0.3, 0.4) is 0 Å². The predicted octanol–water partition coefficient (Wildman–Crippen LogP) is 0.849. The van der Waals surface area contributed by atoms with Gasteiger partial charge in [0.05, 0.1) is 0 Å². The molecule has 0 aromatic carbocycles. The Labute approximate surface area is 94.5 Å². The highest BCUT2D eigenvalue weighted by atomic mass is 32.2. The van der Waals surface area contributed by atoms with E-state index < -0.39 is 10.0 Å². The molecule has 2 N–H and O–H groups in total. The van der Waals surface area contributed by atoms with Crippen LogP contribution in [0.4, 0.5) is 0 Å². The predicted molar refractivity (Wildman–Crippen MR) is 57.1 cm³/mol. The van der Waals surface area contributed by atoms with Crippen LogP contribution in [0.1, 0.15) is 25.5 Å². The van der Waals surface area contributed by atoms with Crippen LogP contribution >= 0.6 is 0 Å². The molecule has 0 radical (unpaired) electrons. The Morgan fingerprint density at radius 2 is 2.31 bits per heavy atom. The summed E-state index contributed by atoms with van der Waals surface area (Å²) in [6.07, 6.45) is 1.87. The van der Waals surface area contributed by atoms with Crippen molar-refractivity contribution in [3.63, 3.8) is 0 Å². The van der Waals surface area contributed by atoms with Crippen LogP contribution < -0.4 is 4.72 Å². The second-order valence-electron chi connectivity index (χ2n) is 4.01. The first-order valence-electron chi connectivity index (χ1n) is 5.28. The first-order chi connectivity index (χ1) is 7.56. The van der Waals surface area contributed by atoms with Gasteiger partial charge in [0, 0.05) is 6.04 Å². The molecular weight excluding hydrogens is 230 g/mol. The van der Waals surface area contributed by atoms with Crippen molar-refractivity contribution in [3.05, 3.63) is 17.9 Å². The number of aliphatic hydroxyl groups is 1. The van der Waals surface area contributed by atoms with Crippen molar-refractivity contribution >= 4 is 10.0 Å². The quantitative estimate of drug-likeness (QED) is 0.806. The van der Waals surface area contributed by atoms with Gasteiger partial charge >= 0.3 is 0 Å². The lowest BCUT2D eigenvalue weighted by molar-refractivity contribution is 0.236. The second kappa shape index (κ2) is 4.20. The maximum atomic E-state index is 11.8. The Bertz CT molecular complexity index is 465. The molecular formula is C10H15NO4S. The summed E-state index contributed by atoms with van der Waals surface area (Å²) in [6, 6.07) is 2.85. The molecule has 0 bridgehead atoms. The molecule has 1 heterocycles. The molecule has 2 atom stereocenters. The zero-order valence-electron chi connectivity index (χ0n) is 9.01. The minimum atomic E-state index is -3.56. The van der Waals surface area contributed by atoms with Crippen molar-refractivity contribution < 1.29 is 17.9 Å². The van der Waals surface area contributed by atoms with Crippen LogP contribution in [-0.4, -0.2) is 19.6 Å². The average Bonchev–Trinajstić information content (AvgIpc) is 2.81. The first kappa shape index (κ1) is 11.6. The fourth-order valence-electron chi connectivity index (χ4n) is 1.69. The van der Waals surface area contributed by atoms with Gasteiger partial charge in [0.15, 0.2) is 0 Å². The fourth-order valence-corrected chi connectivity index (χ4v) is 2.96. The summed E-state index contributed by atoms with van der Waals surface area (Å²) in [5.74, 6) is 0.699. The molecule has 5 nitrogen and oxygen atoms in total. The summed E-state index contributed by atoms with van der Waals surface area (Å²) in [4.78, 5) is 0. The van der Waals surface area contributed by atoms with E-state index in [2.05, 4.69) is 4.72 Å². The Morgan fingerprint density at radius 1 is 1.56 bits per heavy atom. The lowest BCUT2D eigenvalue weighted by Gasteiger charge is -2.02. The summed E-state index contributed by atoms with van der Waals surface area (Å²) >= 11 is 0. The largest absolute Gasteiger partial charge is 0.446 e. The number of rotatable bonds is 5. The summed E-state index contributed by atoms with van der Waals surface area (Å²) in [6.45, 7) is 1.74. The molecule has 1 aromatic rings. The summed E-state index contributed by atoms with van der Waals surface area (Å²) in [5, 5.41) is 8.66. The normalized spacial score (nSPS) is 24.6. The summed E-state index contributed by atoms with van der Waals surface area (Å²) < 4.78 is 31.2. The molecule has 16 heavy (non-hydrogen) atoms.